The van der Waals surface area contributed by atoms with Crippen molar-refractivity contribution in [1.82, 2.24) is 5.01 Å². The molecule has 0 spiro atoms. The first-order valence-electron chi connectivity index (χ1n) is 10.4. The van der Waals surface area contributed by atoms with Gasteiger partial charge in [0.2, 0.25) is 5.91 Å². The summed E-state index contributed by atoms with van der Waals surface area (Å²) in [6, 6.07) is 2.96. The highest BCUT2D eigenvalue weighted by Gasteiger charge is 2.37. The van der Waals surface area contributed by atoms with Gasteiger partial charge in [0.05, 0.1) is 17.5 Å². The molecule has 1 aromatic carbocycles. The minimum atomic E-state index is -1.59. The van der Waals surface area contributed by atoms with Gasteiger partial charge < -0.3 is 24.7 Å². The SMILES string of the molecule is CC(=O)OC[C@H](OC(C)=O)[C@H](OC(C)=O)[C@H](/C=N/N(C(C)=O)C(=O)c1cc(Br)cc(Br)c1N)OC(C)=O. The summed E-state index contributed by atoms with van der Waals surface area (Å²) in [5, 5.41) is 4.29. The molecule has 0 fully saturated rings. The number of hydrogen-bond donors (Lipinski definition) is 1. The molecule has 0 saturated heterocycles. The van der Waals surface area contributed by atoms with Crippen LogP contribution in [-0.4, -0.2) is 71.8 Å². The first-order chi connectivity index (χ1) is 17.1. The highest BCUT2D eigenvalue weighted by molar-refractivity contribution is 9.11. The Hall–Kier alpha value is -3.33. The molecule has 0 radical (unpaired) electrons. The second-order valence-corrected chi connectivity index (χ2v) is 9.12. The van der Waals surface area contributed by atoms with E-state index >= 15 is 0 Å². The molecule has 15 heteroatoms. The lowest BCUT2D eigenvalue weighted by atomic mass is 10.1. The summed E-state index contributed by atoms with van der Waals surface area (Å²) in [5.41, 5.74) is 5.91. The Labute approximate surface area is 228 Å². The van der Waals surface area contributed by atoms with Crippen molar-refractivity contribution in [3.8, 4) is 0 Å². The van der Waals surface area contributed by atoms with E-state index in [2.05, 4.69) is 37.0 Å². The van der Waals surface area contributed by atoms with Crippen molar-refractivity contribution >= 4 is 79.5 Å². The van der Waals surface area contributed by atoms with Crippen LogP contribution in [0.3, 0.4) is 0 Å². The van der Waals surface area contributed by atoms with Crippen LogP contribution < -0.4 is 5.73 Å². The van der Waals surface area contributed by atoms with Gasteiger partial charge in [-0.15, -0.1) is 0 Å². The van der Waals surface area contributed by atoms with Gasteiger partial charge in [-0.25, -0.2) is 0 Å². The van der Waals surface area contributed by atoms with Crippen molar-refractivity contribution in [1.29, 1.82) is 0 Å². The van der Waals surface area contributed by atoms with Crippen LogP contribution in [0, 0.1) is 0 Å². The molecule has 1 rings (SSSR count). The third-order valence-electron chi connectivity index (χ3n) is 4.21. The van der Waals surface area contributed by atoms with Gasteiger partial charge in [0.1, 0.15) is 6.61 Å². The number of carbonyl (C=O) groups excluding carboxylic acids is 6. The highest BCUT2D eigenvalue weighted by atomic mass is 79.9. The molecular formula is C22H25Br2N3O10. The number of imide groups is 1. The van der Waals surface area contributed by atoms with Crippen molar-refractivity contribution in [3.63, 3.8) is 0 Å². The first kappa shape index (κ1) is 31.7. The van der Waals surface area contributed by atoms with E-state index in [1.165, 1.54) is 6.07 Å². The topological polar surface area (TPSA) is 181 Å². The largest absolute Gasteiger partial charge is 0.462 e. The van der Waals surface area contributed by atoms with Gasteiger partial charge in [0, 0.05) is 43.6 Å². The molecule has 0 aliphatic rings. The van der Waals surface area contributed by atoms with Gasteiger partial charge in [0.15, 0.2) is 18.3 Å². The Balaban J connectivity index is 3.53. The van der Waals surface area contributed by atoms with E-state index in [4.69, 9.17) is 24.7 Å². The average Bonchev–Trinajstić information content (AvgIpc) is 2.75. The lowest BCUT2D eigenvalue weighted by molar-refractivity contribution is -0.183. The fraction of sp³-hybridized carbons (Fsp3) is 0.409. The van der Waals surface area contributed by atoms with Crippen LogP contribution in [0.4, 0.5) is 5.69 Å². The summed E-state index contributed by atoms with van der Waals surface area (Å²) in [4.78, 5) is 72.0. The monoisotopic (exact) mass is 649 g/mol. The van der Waals surface area contributed by atoms with Gasteiger partial charge in [0.25, 0.3) is 5.91 Å². The van der Waals surface area contributed by atoms with Gasteiger partial charge in [-0.3, -0.25) is 28.8 Å². The smallest absolute Gasteiger partial charge is 0.303 e. The number of hydrazone groups is 1. The lowest BCUT2D eigenvalue weighted by Crippen LogP contribution is -2.48. The fourth-order valence-corrected chi connectivity index (χ4v) is 4.04. The number of carbonyl (C=O) groups is 6. The van der Waals surface area contributed by atoms with Crippen molar-refractivity contribution in [2.45, 2.75) is 52.9 Å². The van der Waals surface area contributed by atoms with E-state index in [-0.39, 0.29) is 11.3 Å². The van der Waals surface area contributed by atoms with E-state index in [0.29, 0.717) is 14.0 Å². The van der Waals surface area contributed by atoms with E-state index in [1.54, 1.807) is 6.07 Å². The summed E-state index contributed by atoms with van der Waals surface area (Å²) < 4.78 is 21.2. The van der Waals surface area contributed by atoms with Crippen molar-refractivity contribution in [2.75, 3.05) is 12.3 Å². The number of anilines is 1. The van der Waals surface area contributed by atoms with Gasteiger partial charge in [-0.1, -0.05) is 15.9 Å². The summed E-state index contributed by atoms with van der Waals surface area (Å²) in [6.45, 7) is 4.69. The Bertz CT molecular complexity index is 1110. The predicted octanol–water partition coefficient (Wildman–Crippen LogP) is 2.13. The molecule has 2 amide bonds. The molecule has 0 aromatic heterocycles. The third-order valence-corrected chi connectivity index (χ3v) is 5.32. The quantitative estimate of drug-likeness (QED) is 0.129. The van der Waals surface area contributed by atoms with Crippen molar-refractivity contribution < 1.29 is 47.7 Å². The number of amides is 2. The summed E-state index contributed by atoms with van der Waals surface area (Å²) in [5.74, 6) is -5.07. The van der Waals surface area contributed by atoms with E-state index in [1.807, 2.05) is 0 Å². The number of nitrogens with two attached hydrogens (primary N) is 1. The molecule has 0 saturated carbocycles. The van der Waals surface area contributed by atoms with Crippen LogP contribution in [0.25, 0.3) is 0 Å². The first-order valence-corrected chi connectivity index (χ1v) is 12.0. The molecule has 202 valence electrons. The Morgan fingerprint density at radius 1 is 0.919 bits per heavy atom. The Kier molecular flexibility index (Phi) is 12.4. The minimum Gasteiger partial charge on any atom is -0.462 e. The Morgan fingerprint density at radius 3 is 1.97 bits per heavy atom. The standard InChI is InChI=1S/C22H25Br2N3O10/c1-10(28)27(22(33)16-6-15(23)7-17(24)20(16)25)26-8-18(35-12(3)30)21(37-14(5)32)19(36-13(4)31)9-34-11(2)29/h6-8,18-19,21H,9,25H2,1-5H3/b26-8+/t18-,19-,21+/m0/s1. The lowest BCUT2D eigenvalue weighted by Gasteiger charge is -2.30. The summed E-state index contributed by atoms with van der Waals surface area (Å²) in [6.07, 6.45) is -3.79. The maximum atomic E-state index is 13.1. The fourth-order valence-electron chi connectivity index (χ4n) is 2.81. The molecule has 0 aliphatic carbocycles. The minimum absolute atomic E-state index is 0.0280. The molecule has 0 heterocycles. The predicted molar refractivity (Wildman–Crippen MR) is 135 cm³/mol. The summed E-state index contributed by atoms with van der Waals surface area (Å²) in [7, 11) is 0. The normalized spacial score (nSPS) is 13.2. The number of hydrogen-bond acceptors (Lipinski definition) is 12. The molecule has 2 N–H and O–H groups in total. The van der Waals surface area contributed by atoms with Crippen molar-refractivity contribution in [2.24, 2.45) is 5.10 Å². The Morgan fingerprint density at radius 2 is 1.49 bits per heavy atom. The number of benzene rings is 1. The van der Waals surface area contributed by atoms with Crippen LogP contribution in [0.1, 0.15) is 45.0 Å². The van der Waals surface area contributed by atoms with Crippen LogP contribution in [0.15, 0.2) is 26.2 Å². The number of nitrogen functional groups attached to an aromatic ring is 1. The van der Waals surface area contributed by atoms with Crippen molar-refractivity contribution in [3.05, 3.63) is 26.6 Å². The number of esters is 4. The van der Waals surface area contributed by atoms with Crippen LogP contribution >= 0.6 is 31.9 Å². The summed E-state index contributed by atoms with van der Waals surface area (Å²) >= 11 is 6.44. The zero-order chi connectivity index (χ0) is 28.4. The molecule has 0 aliphatic heterocycles. The number of nitrogens with zero attached hydrogens (tertiary/aromatic N) is 2. The second kappa shape index (κ2) is 14.4. The van der Waals surface area contributed by atoms with Crippen LogP contribution in [-0.2, 0) is 42.9 Å². The average molecular weight is 651 g/mol. The van der Waals surface area contributed by atoms with Gasteiger partial charge in [-0.05, 0) is 28.1 Å². The van der Waals surface area contributed by atoms with E-state index < -0.39 is 60.6 Å². The van der Waals surface area contributed by atoms with E-state index in [9.17, 15) is 28.8 Å². The van der Waals surface area contributed by atoms with Gasteiger partial charge in [-0.2, -0.15) is 10.1 Å². The number of ether oxygens (including phenoxy) is 4. The third kappa shape index (κ3) is 10.3. The number of rotatable bonds is 10. The maximum absolute atomic E-state index is 13.1. The molecule has 37 heavy (non-hydrogen) atoms. The molecule has 0 unspecified atom stereocenters. The molecule has 0 bridgehead atoms. The van der Waals surface area contributed by atoms with E-state index in [0.717, 1.165) is 40.8 Å². The molecular weight excluding hydrogens is 626 g/mol. The van der Waals surface area contributed by atoms with Gasteiger partial charge >= 0.3 is 23.9 Å². The molecule has 3 atom stereocenters. The zero-order valence-electron chi connectivity index (χ0n) is 20.5. The number of halogens is 2. The highest BCUT2D eigenvalue weighted by Crippen LogP contribution is 2.29. The molecule has 1 aromatic rings. The second-order valence-electron chi connectivity index (χ2n) is 7.35. The van der Waals surface area contributed by atoms with Crippen LogP contribution in [0.5, 0.6) is 0 Å². The zero-order valence-corrected chi connectivity index (χ0v) is 23.7. The van der Waals surface area contributed by atoms with Crippen LogP contribution in [0.2, 0.25) is 0 Å². The molecule has 13 nitrogen and oxygen atoms in total. The maximum Gasteiger partial charge on any atom is 0.303 e.